The van der Waals surface area contributed by atoms with Crippen molar-refractivity contribution in [2.75, 3.05) is 0 Å². The average Bonchev–Trinajstić information content (AvgIpc) is 3.58. The second kappa shape index (κ2) is 19.2. The molecule has 0 saturated carbocycles. The zero-order valence-corrected chi connectivity index (χ0v) is 39.4. The predicted molar refractivity (Wildman–Crippen MR) is 235 cm³/mol. The minimum atomic E-state index is -1.37. The number of aliphatic hydroxyl groups excluding tert-OH is 1. The Morgan fingerprint density at radius 1 is 0.887 bits per heavy atom. The van der Waals surface area contributed by atoms with E-state index in [2.05, 4.69) is 26.1 Å². The summed E-state index contributed by atoms with van der Waals surface area (Å²) in [6.07, 6.45) is 6.35. The molecule has 4 fully saturated rings. The Morgan fingerprint density at radius 2 is 1.56 bits per heavy atom. The number of hydrogen-bond donors (Lipinski definition) is 4. The van der Waals surface area contributed by atoms with Crippen molar-refractivity contribution in [3.05, 3.63) is 47.0 Å². The van der Waals surface area contributed by atoms with Crippen molar-refractivity contribution >= 4 is 29.3 Å². The third kappa shape index (κ3) is 9.46. The minimum absolute atomic E-state index is 0.0322. The summed E-state index contributed by atoms with van der Waals surface area (Å²) in [7, 11) is 0. The molecule has 4 saturated heterocycles. The highest BCUT2D eigenvalue weighted by Crippen LogP contribution is 2.54. The minimum Gasteiger partial charge on any atom is -0.481 e. The number of carbonyl (C=O) groups is 3. The number of nitrogens with one attached hydrogen (secondary N) is 1. The number of carbonyl (C=O) groups excluding carboxylic acids is 2. The summed E-state index contributed by atoms with van der Waals surface area (Å²) in [5.74, 6) is -6.45. The Kier molecular flexibility index (Phi) is 15.2. The SMILES string of the molecule is CCC(C(=O)[C@@H](C)[C@@H](O)[C@H](C)[C@@H]1O[C@@H]([C@@H](CC)C(=O)O)CC[C@@H]1C)[C@H]1O[C@]2(C=C[C@@H](NC(=O)c3ccc(Cl)cc3)[C@]3(CC[C@@](C)([C@H]4CC[C@](O)(CC)[C@H](C)O4)O3)O2)[C@H](C)C[C@@H]1C. The molecule has 1 unspecified atom stereocenters. The standard InChI is InChI=1S/C49H74ClNO11/c1-11-35(45(55)56)37-19-14-27(4)42(59-37)31(8)40(52)30(7)41(53)36(12-2)43-28(5)26-29(6)48(60-43)23-20-38(51-44(54)33-15-17-34(50)18-16-33)49(62-48)25-24-46(10,61-49)39-21-22-47(57,13-3)32(9)58-39/h15-18,20,23,27-32,35-40,42-43,52,57H,11-14,19,21-22,24-26H2,1-10H3,(H,51,54)(H,55,56)/t27-,28-,29+,30-,31-,32-,35+,36?,37+,38+,39+,40+,42+,43-,46-,47+,48-,49-/m0/s1. The van der Waals surface area contributed by atoms with E-state index in [4.69, 9.17) is 35.3 Å². The lowest BCUT2D eigenvalue weighted by Crippen LogP contribution is -2.65. The summed E-state index contributed by atoms with van der Waals surface area (Å²) in [5.41, 5.74) is -1.31. The first-order valence-corrected chi connectivity index (χ1v) is 23.9. The normalized spacial score (nSPS) is 41.0. The van der Waals surface area contributed by atoms with Gasteiger partial charge in [-0.15, -0.1) is 0 Å². The largest absolute Gasteiger partial charge is 0.481 e. The zero-order valence-electron chi connectivity index (χ0n) is 38.6. The summed E-state index contributed by atoms with van der Waals surface area (Å²) in [5, 5.41) is 36.7. The highest BCUT2D eigenvalue weighted by atomic mass is 35.5. The van der Waals surface area contributed by atoms with Gasteiger partial charge >= 0.3 is 5.97 Å². The summed E-state index contributed by atoms with van der Waals surface area (Å²) >= 11 is 6.15. The number of carboxylic acid groups (broad SMARTS) is 1. The molecular weight excluding hydrogens is 814 g/mol. The van der Waals surface area contributed by atoms with Crippen molar-refractivity contribution in [3.63, 3.8) is 0 Å². The maximum atomic E-state index is 14.7. The molecule has 18 atom stereocenters. The first-order chi connectivity index (χ1) is 29.2. The van der Waals surface area contributed by atoms with Crippen LogP contribution in [0.5, 0.6) is 0 Å². The third-order valence-electron chi connectivity index (χ3n) is 15.9. The highest BCUT2D eigenvalue weighted by Gasteiger charge is 2.63. The maximum Gasteiger partial charge on any atom is 0.309 e. The van der Waals surface area contributed by atoms with Crippen LogP contribution in [-0.4, -0.2) is 98.4 Å². The molecular formula is C49H74ClNO11. The number of Topliss-reactive ketones (excluding diaryl/α,β-unsaturated/α-hetero) is 1. The van der Waals surface area contributed by atoms with Crippen molar-refractivity contribution in [3.8, 4) is 0 Å². The molecule has 6 rings (SSSR count). The van der Waals surface area contributed by atoms with Gasteiger partial charge in [-0.1, -0.05) is 73.1 Å². The number of aliphatic carboxylic acids is 1. The number of rotatable bonds is 14. The molecule has 62 heavy (non-hydrogen) atoms. The second-order valence-corrected chi connectivity index (χ2v) is 20.4. The molecule has 5 aliphatic rings. The molecule has 1 aromatic carbocycles. The summed E-state index contributed by atoms with van der Waals surface area (Å²) in [6, 6.07) is 5.97. The molecule has 348 valence electrons. The number of amides is 1. The Balaban J connectivity index is 1.25. The van der Waals surface area contributed by atoms with Crippen LogP contribution < -0.4 is 5.32 Å². The van der Waals surface area contributed by atoms with Crippen LogP contribution in [0.15, 0.2) is 36.4 Å². The lowest BCUT2D eigenvalue weighted by molar-refractivity contribution is -0.397. The van der Waals surface area contributed by atoms with Gasteiger partial charge in [0.05, 0.1) is 53.7 Å². The number of benzene rings is 1. The smallest absolute Gasteiger partial charge is 0.309 e. The number of aliphatic hydroxyl groups is 2. The van der Waals surface area contributed by atoms with Crippen LogP contribution in [0.3, 0.4) is 0 Å². The number of ketones is 1. The molecule has 4 N–H and O–H groups in total. The molecule has 13 heteroatoms. The Labute approximate surface area is 374 Å². The van der Waals surface area contributed by atoms with Crippen molar-refractivity contribution in [2.24, 2.45) is 41.4 Å². The van der Waals surface area contributed by atoms with Crippen LogP contribution in [0.4, 0.5) is 0 Å². The van der Waals surface area contributed by atoms with Gasteiger partial charge in [-0.2, -0.15) is 0 Å². The van der Waals surface area contributed by atoms with Crippen LogP contribution in [-0.2, 0) is 33.3 Å². The lowest BCUT2D eigenvalue weighted by Gasteiger charge is -2.55. The van der Waals surface area contributed by atoms with Gasteiger partial charge in [-0.25, -0.2) is 0 Å². The third-order valence-corrected chi connectivity index (χ3v) is 16.1. The maximum absolute atomic E-state index is 14.7. The number of hydrogen-bond acceptors (Lipinski definition) is 10. The van der Waals surface area contributed by atoms with Crippen LogP contribution in [0.2, 0.25) is 5.02 Å². The number of carboxylic acids is 1. The topological polar surface area (TPSA) is 170 Å². The summed E-state index contributed by atoms with van der Waals surface area (Å²) in [6.45, 7) is 19.6. The fraction of sp³-hybridized carbons (Fsp3) is 0.776. The molecule has 0 bridgehead atoms. The summed E-state index contributed by atoms with van der Waals surface area (Å²) < 4.78 is 34.6. The van der Waals surface area contributed by atoms with Gasteiger partial charge in [-0.3, -0.25) is 14.4 Å². The first kappa shape index (κ1) is 49.0. The molecule has 0 radical (unpaired) electrons. The van der Waals surface area contributed by atoms with Crippen molar-refractivity contribution in [1.29, 1.82) is 0 Å². The van der Waals surface area contributed by atoms with E-state index in [-0.39, 0.29) is 35.5 Å². The average molecular weight is 889 g/mol. The molecule has 0 aliphatic carbocycles. The Bertz CT molecular complexity index is 1780. The van der Waals surface area contributed by atoms with Gasteiger partial charge in [0, 0.05) is 40.7 Å². The van der Waals surface area contributed by atoms with E-state index in [0.717, 1.165) is 6.42 Å². The molecule has 1 aromatic rings. The molecule has 1 amide bonds. The van der Waals surface area contributed by atoms with Crippen LogP contribution in [0, 0.1) is 41.4 Å². The fourth-order valence-corrected chi connectivity index (χ4v) is 11.6. The monoisotopic (exact) mass is 887 g/mol. The molecule has 0 aromatic heterocycles. The molecule has 5 heterocycles. The van der Waals surface area contributed by atoms with Gasteiger partial charge in [0.1, 0.15) is 11.8 Å². The van der Waals surface area contributed by atoms with E-state index in [0.29, 0.717) is 68.4 Å². The van der Waals surface area contributed by atoms with Crippen molar-refractivity contribution < 1.29 is 53.4 Å². The Hall–Kier alpha value is -2.42. The van der Waals surface area contributed by atoms with E-state index in [9.17, 15) is 29.7 Å². The van der Waals surface area contributed by atoms with Crippen molar-refractivity contribution in [1.82, 2.24) is 5.32 Å². The molecule has 5 aliphatic heterocycles. The summed E-state index contributed by atoms with van der Waals surface area (Å²) in [4.78, 5) is 40.5. The van der Waals surface area contributed by atoms with Gasteiger partial charge in [0.25, 0.3) is 5.91 Å². The second-order valence-electron chi connectivity index (χ2n) is 19.9. The van der Waals surface area contributed by atoms with Gasteiger partial charge in [-0.05, 0) is 114 Å². The van der Waals surface area contributed by atoms with Crippen molar-refractivity contribution in [2.45, 2.75) is 199 Å². The van der Waals surface area contributed by atoms with Crippen LogP contribution in [0.25, 0.3) is 0 Å². The van der Waals surface area contributed by atoms with Crippen LogP contribution >= 0.6 is 11.6 Å². The first-order valence-electron chi connectivity index (χ1n) is 23.5. The van der Waals surface area contributed by atoms with Gasteiger partial charge in [0.2, 0.25) is 0 Å². The lowest BCUT2D eigenvalue weighted by atomic mass is 9.72. The van der Waals surface area contributed by atoms with E-state index < -0.39 is 89.0 Å². The Morgan fingerprint density at radius 3 is 2.18 bits per heavy atom. The molecule has 12 nitrogen and oxygen atoms in total. The van der Waals surface area contributed by atoms with Gasteiger partial charge < -0.3 is 44.3 Å². The van der Waals surface area contributed by atoms with E-state index in [1.54, 1.807) is 31.2 Å². The van der Waals surface area contributed by atoms with E-state index >= 15 is 0 Å². The van der Waals surface area contributed by atoms with E-state index in [1.807, 2.05) is 53.7 Å². The number of ether oxygens (including phenoxy) is 5. The van der Waals surface area contributed by atoms with Gasteiger partial charge in [0.15, 0.2) is 11.6 Å². The fourth-order valence-electron chi connectivity index (χ4n) is 11.5. The predicted octanol–water partition coefficient (Wildman–Crippen LogP) is 8.28. The zero-order chi connectivity index (χ0) is 45.5. The highest BCUT2D eigenvalue weighted by molar-refractivity contribution is 6.30. The number of halogens is 1. The van der Waals surface area contributed by atoms with Crippen LogP contribution in [0.1, 0.15) is 144 Å². The molecule has 2 spiro atoms. The quantitative estimate of drug-likeness (QED) is 0.133. The van der Waals surface area contributed by atoms with E-state index in [1.165, 1.54) is 0 Å².